The van der Waals surface area contributed by atoms with Crippen LogP contribution >= 0.6 is 11.6 Å². The van der Waals surface area contributed by atoms with Crippen molar-refractivity contribution < 1.29 is 9.72 Å². The van der Waals surface area contributed by atoms with E-state index >= 15 is 0 Å². The van der Waals surface area contributed by atoms with Gasteiger partial charge in [-0.3, -0.25) is 24.7 Å². The monoisotopic (exact) mass is 388 g/mol. The third-order valence-corrected chi connectivity index (χ3v) is 4.86. The lowest BCUT2D eigenvalue weighted by atomic mass is 10.2. The van der Waals surface area contributed by atoms with E-state index in [0.717, 1.165) is 38.3 Å². The number of hydrogen-bond acceptors (Lipinski definition) is 5. The Kier molecular flexibility index (Phi) is 6.39. The summed E-state index contributed by atoms with van der Waals surface area (Å²) in [4.78, 5) is 26.9. The number of anilines is 1. The number of hydrogen-bond donors (Lipinski definition) is 1. The molecule has 0 saturated carbocycles. The summed E-state index contributed by atoms with van der Waals surface area (Å²) in [5.74, 6) is -0.0769. The molecular formula is C19H21ClN4O3. The number of benzene rings is 2. The first-order chi connectivity index (χ1) is 13.0. The van der Waals surface area contributed by atoms with Crippen LogP contribution in [-0.2, 0) is 11.3 Å². The van der Waals surface area contributed by atoms with Crippen molar-refractivity contribution in [2.24, 2.45) is 0 Å². The number of nitrogens with zero attached hydrogens (tertiary/aromatic N) is 3. The van der Waals surface area contributed by atoms with E-state index in [9.17, 15) is 14.9 Å². The molecule has 1 amide bonds. The van der Waals surface area contributed by atoms with Gasteiger partial charge in [0.2, 0.25) is 5.91 Å². The molecule has 1 aliphatic rings. The summed E-state index contributed by atoms with van der Waals surface area (Å²) in [6.07, 6.45) is 0. The molecule has 7 nitrogen and oxygen atoms in total. The Balaban J connectivity index is 1.44. The molecule has 0 bridgehead atoms. The topological polar surface area (TPSA) is 78.7 Å². The highest BCUT2D eigenvalue weighted by Gasteiger charge is 2.19. The maximum atomic E-state index is 12.2. The maximum absolute atomic E-state index is 12.2. The van der Waals surface area contributed by atoms with Crippen molar-refractivity contribution in [1.82, 2.24) is 9.80 Å². The van der Waals surface area contributed by atoms with Gasteiger partial charge in [-0.25, -0.2) is 0 Å². The second-order valence-corrected chi connectivity index (χ2v) is 6.91. The molecule has 0 unspecified atom stereocenters. The first-order valence-electron chi connectivity index (χ1n) is 8.74. The minimum absolute atomic E-state index is 0.0769. The van der Waals surface area contributed by atoms with Gasteiger partial charge in [0, 0.05) is 44.9 Å². The predicted octanol–water partition coefficient (Wildman–Crippen LogP) is 3.00. The zero-order chi connectivity index (χ0) is 19.2. The van der Waals surface area contributed by atoms with Crippen LogP contribution in [0.1, 0.15) is 5.56 Å². The number of amides is 1. The minimum Gasteiger partial charge on any atom is -0.324 e. The van der Waals surface area contributed by atoms with Gasteiger partial charge in [0.1, 0.15) is 0 Å². The van der Waals surface area contributed by atoms with Crippen LogP contribution in [0, 0.1) is 10.1 Å². The molecule has 3 rings (SSSR count). The number of piperazine rings is 1. The van der Waals surface area contributed by atoms with E-state index in [1.54, 1.807) is 24.3 Å². The number of para-hydroxylation sites is 1. The second-order valence-electron chi connectivity index (χ2n) is 6.50. The Morgan fingerprint density at radius 2 is 1.67 bits per heavy atom. The van der Waals surface area contributed by atoms with Crippen LogP contribution in [0.2, 0.25) is 5.02 Å². The number of nitrogens with one attached hydrogen (secondary N) is 1. The fourth-order valence-electron chi connectivity index (χ4n) is 3.04. The highest BCUT2D eigenvalue weighted by molar-refractivity contribution is 6.33. The summed E-state index contributed by atoms with van der Waals surface area (Å²) < 4.78 is 0. The van der Waals surface area contributed by atoms with Crippen molar-refractivity contribution in [1.29, 1.82) is 0 Å². The Morgan fingerprint density at radius 1 is 1.04 bits per heavy atom. The van der Waals surface area contributed by atoms with Gasteiger partial charge in [-0.15, -0.1) is 0 Å². The molecule has 1 aliphatic heterocycles. The van der Waals surface area contributed by atoms with Crippen molar-refractivity contribution in [2.75, 3.05) is 38.0 Å². The normalized spacial score (nSPS) is 15.4. The molecule has 0 spiro atoms. The van der Waals surface area contributed by atoms with Crippen molar-refractivity contribution in [3.05, 3.63) is 69.2 Å². The van der Waals surface area contributed by atoms with E-state index in [0.29, 0.717) is 17.3 Å². The largest absolute Gasteiger partial charge is 0.324 e. The fourth-order valence-corrected chi connectivity index (χ4v) is 3.23. The van der Waals surface area contributed by atoms with Crippen LogP contribution in [0.4, 0.5) is 11.4 Å². The van der Waals surface area contributed by atoms with Crippen molar-refractivity contribution in [3.8, 4) is 0 Å². The number of halogens is 1. The predicted molar refractivity (Wildman–Crippen MR) is 105 cm³/mol. The standard InChI is InChI=1S/C19H21ClN4O3/c20-17-3-1-2-4-18(17)21-19(25)14-23-11-9-22(10-12-23)13-15-5-7-16(8-6-15)24(26)27/h1-8H,9-14H2,(H,21,25). The quantitative estimate of drug-likeness (QED) is 0.608. The van der Waals surface area contributed by atoms with Crippen molar-refractivity contribution in [2.45, 2.75) is 6.54 Å². The summed E-state index contributed by atoms with van der Waals surface area (Å²) in [6.45, 7) is 4.35. The molecule has 1 heterocycles. The SMILES string of the molecule is O=C(CN1CCN(Cc2ccc([N+](=O)[O-])cc2)CC1)Nc1ccccc1Cl. The summed E-state index contributed by atoms with van der Waals surface area (Å²) >= 11 is 6.06. The van der Waals surface area contributed by atoms with Crippen LogP contribution in [0.25, 0.3) is 0 Å². The van der Waals surface area contributed by atoms with Crippen LogP contribution in [0.3, 0.4) is 0 Å². The third-order valence-electron chi connectivity index (χ3n) is 4.53. The van der Waals surface area contributed by atoms with Gasteiger partial charge in [0.25, 0.3) is 5.69 Å². The number of carbonyl (C=O) groups is 1. The van der Waals surface area contributed by atoms with Gasteiger partial charge in [-0.1, -0.05) is 35.9 Å². The first-order valence-corrected chi connectivity index (χ1v) is 9.11. The molecule has 0 aromatic heterocycles. The van der Waals surface area contributed by atoms with E-state index in [2.05, 4.69) is 15.1 Å². The summed E-state index contributed by atoms with van der Waals surface area (Å²) in [5.41, 5.74) is 1.78. The molecule has 2 aromatic carbocycles. The van der Waals surface area contributed by atoms with Crippen LogP contribution < -0.4 is 5.32 Å². The Morgan fingerprint density at radius 3 is 2.30 bits per heavy atom. The fraction of sp³-hybridized carbons (Fsp3) is 0.316. The summed E-state index contributed by atoms with van der Waals surface area (Å²) in [6, 6.07) is 13.8. The van der Waals surface area contributed by atoms with Gasteiger partial charge < -0.3 is 5.32 Å². The molecule has 2 aromatic rings. The Hall–Kier alpha value is -2.48. The van der Waals surface area contributed by atoms with E-state index < -0.39 is 4.92 Å². The van der Waals surface area contributed by atoms with Crippen molar-refractivity contribution in [3.63, 3.8) is 0 Å². The summed E-state index contributed by atoms with van der Waals surface area (Å²) in [5, 5.41) is 14.1. The molecule has 0 atom stereocenters. The Bertz CT molecular complexity index is 805. The lowest BCUT2D eigenvalue weighted by Gasteiger charge is -2.34. The van der Waals surface area contributed by atoms with E-state index in [1.807, 2.05) is 12.1 Å². The van der Waals surface area contributed by atoms with E-state index in [1.165, 1.54) is 12.1 Å². The van der Waals surface area contributed by atoms with Gasteiger partial charge in [0.15, 0.2) is 0 Å². The summed E-state index contributed by atoms with van der Waals surface area (Å²) in [7, 11) is 0. The van der Waals surface area contributed by atoms with Crippen LogP contribution in [0.15, 0.2) is 48.5 Å². The van der Waals surface area contributed by atoms with E-state index in [-0.39, 0.29) is 11.6 Å². The zero-order valence-electron chi connectivity index (χ0n) is 14.8. The molecule has 142 valence electrons. The van der Waals surface area contributed by atoms with Crippen LogP contribution in [0.5, 0.6) is 0 Å². The number of nitro benzene ring substituents is 1. The van der Waals surface area contributed by atoms with Gasteiger partial charge >= 0.3 is 0 Å². The maximum Gasteiger partial charge on any atom is 0.269 e. The minimum atomic E-state index is -0.393. The molecule has 8 heteroatoms. The molecule has 27 heavy (non-hydrogen) atoms. The highest BCUT2D eigenvalue weighted by Crippen LogP contribution is 2.20. The number of non-ortho nitro benzene ring substituents is 1. The average molecular weight is 389 g/mol. The smallest absolute Gasteiger partial charge is 0.269 e. The van der Waals surface area contributed by atoms with E-state index in [4.69, 9.17) is 11.6 Å². The average Bonchev–Trinajstić information content (AvgIpc) is 2.66. The molecular weight excluding hydrogens is 368 g/mol. The first kappa shape index (κ1) is 19.3. The molecule has 1 N–H and O–H groups in total. The van der Waals surface area contributed by atoms with Crippen molar-refractivity contribution >= 4 is 28.9 Å². The Labute approximate surface area is 162 Å². The second kappa shape index (κ2) is 8.94. The number of nitro groups is 1. The lowest BCUT2D eigenvalue weighted by molar-refractivity contribution is -0.384. The van der Waals surface area contributed by atoms with Gasteiger partial charge in [-0.2, -0.15) is 0 Å². The zero-order valence-corrected chi connectivity index (χ0v) is 15.6. The molecule has 1 saturated heterocycles. The van der Waals surface area contributed by atoms with Crippen LogP contribution in [-0.4, -0.2) is 53.4 Å². The van der Waals surface area contributed by atoms with Gasteiger partial charge in [-0.05, 0) is 17.7 Å². The highest BCUT2D eigenvalue weighted by atomic mass is 35.5. The molecule has 0 radical (unpaired) electrons. The number of carbonyl (C=O) groups excluding carboxylic acids is 1. The third kappa shape index (κ3) is 5.50. The number of rotatable bonds is 6. The molecule has 1 fully saturated rings. The van der Waals surface area contributed by atoms with Gasteiger partial charge in [0.05, 0.1) is 22.2 Å². The molecule has 0 aliphatic carbocycles. The lowest BCUT2D eigenvalue weighted by Crippen LogP contribution is -2.48.